The van der Waals surface area contributed by atoms with E-state index in [1.54, 1.807) is 6.07 Å². The summed E-state index contributed by atoms with van der Waals surface area (Å²) in [6.45, 7) is 0. The van der Waals surface area contributed by atoms with Crippen LogP contribution in [0.4, 0.5) is 4.39 Å². The second kappa shape index (κ2) is 5.78. The van der Waals surface area contributed by atoms with Crippen LogP contribution >= 0.6 is 11.6 Å². The molecular formula is C14H11ClFNO4S. The molecule has 1 unspecified atom stereocenters. The largest absolute Gasteiger partial charge is 0.297 e. The number of hydrogen-bond donors (Lipinski definition) is 0. The summed E-state index contributed by atoms with van der Waals surface area (Å²) in [4.78, 5) is 23.4. The quantitative estimate of drug-likeness (QED) is 0.603. The van der Waals surface area contributed by atoms with E-state index in [1.165, 1.54) is 0 Å². The molecule has 0 bridgehead atoms. The first-order valence-electron chi connectivity index (χ1n) is 6.34. The van der Waals surface area contributed by atoms with Crippen molar-refractivity contribution in [2.24, 2.45) is 11.8 Å². The van der Waals surface area contributed by atoms with Gasteiger partial charge in [0.1, 0.15) is 4.90 Å². The van der Waals surface area contributed by atoms with E-state index in [4.69, 9.17) is 16.9 Å². The molecule has 0 radical (unpaired) electrons. The third-order valence-electron chi connectivity index (χ3n) is 3.34. The number of carbonyl (C=O) groups excluding carboxylic acids is 2. The fraction of sp³-hybridized carbons (Fsp3) is 0.357. The van der Waals surface area contributed by atoms with E-state index in [0.29, 0.717) is 12.8 Å². The summed E-state index contributed by atoms with van der Waals surface area (Å²) < 4.78 is 37.5. The number of halogens is 2. The van der Waals surface area contributed by atoms with Crippen molar-refractivity contribution in [1.29, 1.82) is 5.26 Å². The molecule has 8 heteroatoms. The summed E-state index contributed by atoms with van der Waals surface area (Å²) in [7, 11) is -4.10. The Labute approximate surface area is 131 Å². The molecule has 2 rings (SSSR count). The van der Waals surface area contributed by atoms with Crippen molar-refractivity contribution in [2.75, 3.05) is 6.26 Å². The Bertz CT molecular complexity index is 809. The topological polar surface area (TPSA) is 92.1 Å². The second-order valence-electron chi connectivity index (χ2n) is 5.11. The Morgan fingerprint density at radius 1 is 1.41 bits per heavy atom. The van der Waals surface area contributed by atoms with Gasteiger partial charge < -0.3 is 0 Å². The van der Waals surface area contributed by atoms with Crippen LogP contribution in [0.2, 0.25) is 5.02 Å². The summed E-state index contributed by atoms with van der Waals surface area (Å²) in [5.74, 6) is -4.82. The molecule has 5 nitrogen and oxygen atoms in total. The third kappa shape index (κ3) is 3.03. The zero-order chi connectivity index (χ0) is 16.7. The number of benzene rings is 1. The van der Waals surface area contributed by atoms with Gasteiger partial charge in [-0.15, -0.1) is 0 Å². The molecule has 0 N–H and O–H groups in total. The number of sulfone groups is 1. The van der Waals surface area contributed by atoms with Gasteiger partial charge in [-0.05, 0) is 25.0 Å². The Morgan fingerprint density at radius 3 is 2.45 bits per heavy atom. The first-order valence-corrected chi connectivity index (χ1v) is 8.61. The highest BCUT2D eigenvalue weighted by Crippen LogP contribution is 2.34. The minimum atomic E-state index is -4.10. The summed E-state index contributed by atoms with van der Waals surface area (Å²) in [6.07, 6.45) is 1.92. The van der Waals surface area contributed by atoms with Crippen LogP contribution in [-0.2, 0) is 14.6 Å². The highest BCUT2D eigenvalue weighted by Gasteiger charge is 2.40. The summed E-state index contributed by atoms with van der Waals surface area (Å²) in [5.41, 5.74) is -0.523. The average molecular weight is 344 g/mol. The average Bonchev–Trinajstić information content (AvgIpc) is 3.25. The SMILES string of the molecule is CS(=O)(=O)c1c(C(=O)C(C#N)C(=O)C2CC2)ccc(Cl)c1F. The van der Waals surface area contributed by atoms with E-state index in [0.717, 1.165) is 18.4 Å². The van der Waals surface area contributed by atoms with Crippen molar-refractivity contribution in [3.8, 4) is 6.07 Å². The van der Waals surface area contributed by atoms with Crippen molar-refractivity contribution in [3.05, 3.63) is 28.5 Å². The molecule has 0 aliphatic heterocycles. The summed E-state index contributed by atoms with van der Waals surface area (Å²) in [6, 6.07) is 3.63. The number of Topliss-reactive ketones (excluding diaryl/α,β-unsaturated/α-hetero) is 2. The van der Waals surface area contributed by atoms with E-state index in [9.17, 15) is 22.4 Å². The minimum absolute atomic E-state index is 0.354. The van der Waals surface area contributed by atoms with Gasteiger partial charge in [0, 0.05) is 17.7 Å². The van der Waals surface area contributed by atoms with Crippen molar-refractivity contribution in [2.45, 2.75) is 17.7 Å². The van der Waals surface area contributed by atoms with Gasteiger partial charge in [0.15, 0.2) is 33.1 Å². The maximum atomic E-state index is 14.0. The minimum Gasteiger partial charge on any atom is -0.297 e. The first kappa shape index (κ1) is 16.6. The van der Waals surface area contributed by atoms with Gasteiger partial charge in [0.05, 0.1) is 11.1 Å². The first-order chi connectivity index (χ1) is 10.2. The highest BCUT2D eigenvalue weighted by atomic mass is 35.5. The number of hydrogen-bond acceptors (Lipinski definition) is 5. The predicted molar refractivity (Wildman–Crippen MR) is 75.7 cm³/mol. The maximum absolute atomic E-state index is 14.0. The molecule has 0 heterocycles. The van der Waals surface area contributed by atoms with Crippen molar-refractivity contribution in [1.82, 2.24) is 0 Å². The summed E-state index contributed by atoms with van der Waals surface area (Å²) in [5, 5.41) is 8.60. The molecule has 1 aliphatic carbocycles. The van der Waals surface area contributed by atoms with Crippen molar-refractivity contribution >= 4 is 33.0 Å². The van der Waals surface area contributed by atoms with E-state index in [1.807, 2.05) is 0 Å². The van der Waals surface area contributed by atoms with Gasteiger partial charge in [-0.1, -0.05) is 11.6 Å². The number of ketones is 2. The van der Waals surface area contributed by atoms with E-state index >= 15 is 0 Å². The molecule has 0 aromatic heterocycles. The van der Waals surface area contributed by atoms with E-state index in [2.05, 4.69) is 0 Å². The Hall–Kier alpha value is -1.78. The van der Waals surface area contributed by atoms with Crippen LogP contribution in [0.1, 0.15) is 23.2 Å². The molecule has 1 aliphatic rings. The number of carbonyl (C=O) groups is 2. The molecule has 1 aromatic carbocycles. The van der Waals surface area contributed by atoms with E-state index < -0.39 is 48.6 Å². The van der Waals surface area contributed by atoms with Crippen LogP contribution in [0.15, 0.2) is 17.0 Å². The van der Waals surface area contributed by atoms with Crippen LogP contribution in [-0.4, -0.2) is 26.2 Å². The predicted octanol–water partition coefficient (Wildman–Crippen LogP) is 2.18. The lowest BCUT2D eigenvalue weighted by Gasteiger charge is -2.12. The summed E-state index contributed by atoms with van der Waals surface area (Å²) >= 11 is 5.55. The number of rotatable bonds is 5. The number of nitrogens with zero attached hydrogens (tertiary/aromatic N) is 1. The van der Waals surface area contributed by atoms with Crippen molar-refractivity contribution in [3.63, 3.8) is 0 Å². The normalized spacial score (nSPS) is 15.9. The number of nitriles is 1. The molecule has 1 atom stereocenters. The molecule has 0 amide bonds. The Morgan fingerprint density at radius 2 is 2.00 bits per heavy atom. The van der Waals surface area contributed by atoms with E-state index in [-0.39, 0.29) is 5.92 Å². The molecule has 0 saturated heterocycles. The molecule has 22 heavy (non-hydrogen) atoms. The lowest BCUT2D eigenvalue weighted by molar-refractivity contribution is -0.121. The fourth-order valence-corrected chi connectivity index (χ4v) is 3.32. The molecule has 1 fully saturated rings. The van der Waals surface area contributed by atoms with Crippen LogP contribution in [0.3, 0.4) is 0 Å². The molecule has 116 valence electrons. The zero-order valence-electron chi connectivity index (χ0n) is 11.5. The van der Waals surface area contributed by atoms with Crippen molar-refractivity contribution < 1.29 is 22.4 Å². The smallest absolute Gasteiger partial charge is 0.188 e. The lowest BCUT2D eigenvalue weighted by atomic mass is 9.92. The van der Waals surface area contributed by atoms with Gasteiger partial charge in [-0.2, -0.15) is 5.26 Å². The monoisotopic (exact) mass is 343 g/mol. The maximum Gasteiger partial charge on any atom is 0.188 e. The van der Waals surface area contributed by atoms with Crippen LogP contribution < -0.4 is 0 Å². The highest BCUT2D eigenvalue weighted by molar-refractivity contribution is 7.90. The standard InChI is InChI=1S/C14H11ClFNO4S/c1-22(20,21)14-8(4-5-10(15)11(14)16)13(19)9(6-17)12(18)7-2-3-7/h4-5,7,9H,2-3H2,1H3. The lowest BCUT2D eigenvalue weighted by Crippen LogP contribution is -2.26. The van der Waals surface area contributed by atoms with Crippen LogP contribution in [0.25, 0.3) is 0 Å². The molecule has 0 spiro atoms. The van der Waals surface area contributed by atoms with Gasteiger partial charge in [0.25, 0.3) is 0 Å². The van der Waals surface area contributed by atoms with Crippen LogP contribution in [0, 0.1) is 29.0 Å². The van der Waals surface area contributed by atoms with Gasteiger partial charge in [-0.25, -0.2) is 12.8 Å². The molecular weight excluding hydrogens is 333 g/mol. The second-order valence-corrected chi connectivity index (χ2v) is 7.47. The van der Waals surface area contributed by atoms with Gasteiger partial charge >= 0.3 is 0 Å². The molecule has 1 aromatic rings. The van der Waals surface area contributed by atoms with Crippen LogP contribution in [0.5, 0.6) is 0 Å². The fourth-order valence-electron chi connectivity index (χ4n) is 2.10. The Kier molecular flexibility index (Phi) is 4.36. The van der Waals surface area contributed by atoms with Gasteiger partial charge in [0.2, 0.25) is 0 Å². The molecule has 1 saturated carbocycles. The Balaban J connectivity index is 2.57. The van der Waals surface area contributed by atoms with Gasteiger partial charge in [-0.3, -0.25) is 9.59 Å². The zero-order valence-corrected chi connectivity index (χ0v) is 13.0. The third-order valence-corrected chi connectivity index (χ3v) is 4.77.